The number of hydrogen-bond donors (Lipinski definition) is 0. The zero-order chi connectivity index (χ0) is 0. The second-order valence-corrected chi connectivity index (χ2v) is 0. The van der Waals surface area contributed by atoms with Gasteiger partial charge in [0.2, 0.25) is 0 Å². The largest absolute Gasteiger partial charge is 0 e. The molecule has 4 heteroatoms. The molecule has 4 heavy (non-hydrogen) atoms. The summed E-state index contributed by atoms with van der Waals surface area (Å²) in [5.74, 6) is 0. The van der Waals surface area contributed by atoms with E-state index in [1.165, 1.54) is 0 Å². The van der Waals surface area contributed by atoms with Crippen LogP contribution in [0.5, 0.6) is 0 Å². The first-order chi connectivity index (χ1) is 0. The van der Waals surface area contributed by atoms with Crippen molar-refractivity contribution in [2.24, 2.45) is 0 Å². The van der Waals surface area contributed by atoms with Gasteiger partial charge in [-0.25, -0.2) is 0 Å². The molecule has 4 radical (unpaired) electrons. The summed E-state index contributed by atoms with van der Waals surface area (Å²) in [6, 6.07) is 0. The van der Waals surface area contributed by atoms with Crippen LogP contribution in [0, 0.1) is 0 Å². The molecular weight excluding hydrogens is 220 g/mol. The molecule has 0 aliphatic rings. The molecule has 0 heterocycles. The Balaban J connectivity index is 0. The van der Waals surface area contributed by atoms with E-state index in [2.05, 4.69) is 0 Å². The Morgan fingerprint density at radius 2 is 1.00 bits per heavy atom. The van der Waals surface area contributed by atoms with Gasteiger partial charge in [0.15, 0.2) is 0 Å². The summed E-state index contributed by atoms with van der Waals surface area (Å²) in [5, 5.41) is 0. The van der Waals surface area contributed by atoms with Gasteiger partial charge in [0.05, 0.1) is 0 Å². The molecule has 0 unspecified atom stereocenters. The minimum absolute atomic E-state index is 0. The van der Waals surface area contributed by atoms with Gasteiger partial charge >= 0.3 is 0 Å². The zero-order valence-corrected chi connectivity index (χ0v) is 8.12. The molecule has 18 valence electrons. The summed E-state index contributed by atoms with van der Waals surface area (Å²) < 4.78 is 0. The van der Waals surface area contributed by atoms with E-state index in [-0.39, 0.29) is 78.8 Å². The Hall–Kier alpha value is 2.52. The molecule has 0 aromatic heterocycles. The van der Waals surface area contributed by atoms with Gasteiger partial charge < -0.3 is 0 Å². The molecule has 0 fully saturated rings. The fourth-order valence-electron chi connectivity index (χ4n) is 0. The third-order valence-electron chi connectivity index (χ3n) is 0. The number of hydrogen-bond acceptors (Lipinski definition) is 0. The van der Waals surface area contributed by atoms with Crippen LogP contribution in [0.2, 0.25) is 0 Å². The van der Waals surface area contributed by atoms with Crippen LogP contribution in [0.4, 0.5) is 0 Å². The molecule has 0 amide bonds. The molecule has 0 aromatic carbocycles. The van der Waals surface area contributed by atoms with Crippen LogP contribution in [-0.4, -0.2) is 17.4 Å². The summed E-state index contributed by atoms with van der Waals surface area (Å²) in [5.41, 5.74) is 0. The third kappa shape index (κ3) is 8.82. The fourth-order valence-corrected chi connectivity index (χ4v) is 0. The average molecular weight is 220 g/mol. The van der Waals surface area contributed by atoms with Gasteiger partial charge in [-0.05, 0) is 0 Å². The van der Waals surface area contributed by atoms with E-state index < -0.39 is 0 Å². The molecule has 0 saturated heterocycles. The van der Waals surface area contributed by atoms with E-state index in [0.717, 1.165) is 0 Å². The van der Waals surface area contributed by atoms with Crippen LogP contribution in [0.3, 0.4) is 0 Å². The molecule has 0 spiro atoms. The summed E-state index contributed by atoms with van der Waals surface area (Å²) >= 11 is 0. The van der Waals surface area contributed by atoms with Crippen molar-refractivity contribution in [2.45, 2.75) is 0 Å². The molecular formula is AlCrNbTi. The molecule has 0 saturated carbocycles. The Morgan fingerprint density at radius 3 is 1.00 bits per heavy atom. The maximum Gasteiger partial charge on any atom is 0 e. The van der Waals surface area contributed by atoms with Gasteiger partial charge in [0.25, 0.3) is 0 Å². The average Bonchev–Trinajstić information content (AvgIpc) is 0. The quantitative estimate of drug-likeness (QED) is 0.487. The SMILES string of the molecule is [Al].[Cr].[Nb].[Ti]. The van der Waals surface area contributed by atoms with Crippen LogP contribution >= 0.6 is 0 Å². The van der Waals surface area contributed by atoms with E-state index in [0.29, 0.717) is 0 Å². The van der Waals surface area contributed by atoms with Crippen LogP contribution in [-0.2, 0) is 61.5 Å². The molecule has 0 N–H and O–H groups in total. The van der Waals surface area contributed by atoms with Crippen LogP contribution in [0.25, 0.3) is 0 Å². The zero-order valence-electron chi connectivity index (χ0n) is 1.93. The van der Waals surface area contributed by atoms with E-state index in [4.69, 9.17) is 0 Å². The van der Waals surface area contributed by atoms with E-state index in [9.17, 15) is 0 Å². The Labute approximate surface area is 77.8 Å². The van der Waals surface area contributed by atoms with Gasteiger partial charge in [-0.1, -0.05) is 0 Å². The van der Waals surface area contributed by atoms with Gasteiger partial charge in [-0.15, -0.1) is 0 Å². The van der Waals surface area contributed by atoms with E-state index in [1.54, 1.807) is 0 Å². The maximum absolute atomic E-state index is 0. The van der Waals surface area contributed by atoms with Gasteiger partial charge in [0, 0.05) is 78.8 Å². The van der Waals surface area contributed by atoms with Crippen molar-refractivity contribution in [3.63, 3.8) is 0 Å². The van der Waals surface area contributed by atoms with Crippen LogP contribution < -0.4 is 0 Å². The van der Waals surface area contributed by atoms with Crippen molar-refractivity contribution in [1.82, 2.24) is 0 Å². The summed E-state index contributed by atoms with van der Waals surface area (Å²) in [4.78, 5) is 0. The van der Waals surface area contributed by atoms with Crippen molar-refractivity contribution in [1.29, 1.82) is 0 Å². The molecule has 0 rings (SSSR count). The maximum atomic E-state index is 0. The van der Waals surface area contributed by atoms with Gasteiger partial charge in [-0.2, -0.15) is 0 Å². The summed E-state index contributed by atoms with van der Waals surface area (Å²) in [7, 11) is 0. The minimum Gasteiger partial charge on any atom is 0 e. The fraction of sp³-hybridized carbons (Fsp3) is 0. The first-order valence-corrected chi connectivity index (χ1v) is 0. The monoisotopic (exact) mass is 220 g/mol. The first kappa shape index (κ1) is 31.3. The predicted molar refractivity (Wildman–Crippen MR) is 5.75 cm³/mol. The Kier molecular flexibility index (Phi) is 139. The van der Waals surface area contributed by atoms with Gasteiger partial charge in [-0.3, -0.25) is 0 Å². The third-order valence-corrected chi connectivity index (χ3v) is 0. The second-order valence-electron chi connectivity index (χ2n) is 0. The molecule has 0 atom stereocenters. The van der Waals surface area contributed by atoms with Crippen LogP contribution in [0.15, 0.2) is 0 Å². The topological polar surface area (TPSA) is 0 Å². The van der Waals surface area contributed by atoms with E-state index >= 15 is 0 Å². The molecule has 0 aliphatic carbocycles. The second kappa shape index (κ2) is 17.8. The van der Waals surface area contributed by atoms with Crippen molar-refractivity contribution in [2.75, 3.05) is 0 Å². The first-order valence-electron chi connectivity index (χ1n) is 0. The molecule has 0 aliphatic heterocycles. The Bertz CT molecular complexity index is 8.00. The predicted octanol–water partition coefficient (Wildman–Crippen LogP) is -0.388. The van der Waals surface area contributed by atoms with E-state index in [1.807, 2.05) is 0 Å². The molecule has 0 aromatic rings. The van der Waals surface area contributed by atoms with Crippen molar-refractivity contribution in [3.05, 3.63) is 0 Å². The summed E-state index contributed by atoms with van der Waals surface area (Å²) in [6.07, 6.45) is 0. The van der Waals surface area contributed by atoms with Crippen molar-refractivity contribution >= 4 is 17.4 Å². The van der Waals surface area contributed by atoms with Crippen molar-refractivity contribution in [3.8, 4) is 0 Å². The minimum atomic E-state index is 0. The smallest absolute Gasteiger partial charge is 0 e. The molecule has 0 nitrogen and oxygen atoms in total. The normalized spacial score (nSPS) is 0. The van der Waals surface area contributed by atoms with Crippen LogP contribution in [0.1, 0.15) is 0 Å². The molecule has 0 bridgehead atoms. The Morgan fingerprint density at radius 1 is 1.00 bits per heavy atom. The van der Waals surface area contributed by atoms with Gasteiger partial charge in [0.1, 0.15) is 0 Å². The van der Waals surface area contributed by atoms with Crippen molar-refractivity contribution < 1.29 is 61.5 Å². The summed E-state index contributed by atoms with van der Waals surface area (Å²) in [6.45, 7) is 0. The number of rotatable bonds is 0. The standard InChI is InChI=1S/Al.Cr.Nb.Ti.